The number of rotatable bonds is 2. The molecule has 0 aliphatic carbocycles. The van der Waals surface area contributed by atoms with E-state index in [2.05, 4.69) is 74.3 Å². The average molecular weight is 585 g/mol. The van der Waals surface area contributed by atoms with Crippen LogP contribution in [0, 0.1) is 26.8 Å². The monoisotopic (exact) mass is 585 g/mol. The summed E-state index contributed by atoms with van der Waals surface area (Å²) in [5, 5.41) is 16.1. The number of aliphatic hydroxyl groups is 2. The van der Waals surface area contributed by atoms with Gasteiger partial charge in [-0.25, -0.2) is 0 Å². The number of aryl methyl sites for hydroxylation is 3. The molecule has 3 aromatic rings. The Balaban J connectivity index is 0.000000808. The van der Waals surface area contributed by atoms with Crippen LogP contribution in [0.1, 0.15) is 44.4 Å². The van der Waals surface area contributed by atoms with E-state index in [9.17, 15) is 0 Å². The van der Waals surface area contributed by atoms with Crippen molar-refractivity contribution in [2.45, 2.75) is 60.7 Å². The van der Waals surface area contributed by atoms with Crippen molar-refractivity contribution in [1.82, 2.24) is 4.98 Å². The Morgan fingerprint density at radius 2 is 1.40 bits per heavy atom. The third-order valence-electron chi connectivity index (χ3n) is 3.67. The summed E-state index contributed by atoms with van der Waals surface area (Å²) in [4.78, 5) is 4.63. The molecule has 0 fully saturated rings. The summed E-state index contributed by atoms with van der Waals surface area (Å²) in [7, 11) is 0. The third-order valence-corrected chi connectivity index (χ3v) is 3.67. The van der Waals surface area contributed by atoms with Gasteiger partial charge in [-0.05, 0) is 58.4 Å². The molecule has 0 bridgehead atoms. The fourth-order valence-electron chi connectivity index (χ4n) is 2.55. The first-order chi connectivity index (χ1) is 13.6. The van der Waals surface area contributed by atoms with Gasteiger partial charge < -0.3 is 15.2 Å². The molecule has 0 spiro atoms. The van der Waals surface area contributed by atoms with E-state index < -0.39 is 0 Å². The fraction of sp³-hybridized carbons (Fsp3) is 0.346. The van der Waals surface area contributed by atoms with E-state index in [1.54, 1.807) is 27.7 Å². The molecule has 0 unspecified atom stereocenters. The number of hydrogen-bond donors (Lipinski definition) is 2. The van der Waals surface area contributed by atoms with Crippen molar-refractivity contribution in [3.8, 4) is 22.4 Å². The standard InChI is InChI=1S/C20H18N.2C3H8O.Ir/c1-14-6-4-8-17(10-14)19-13-21-20(12-16(19)3)18-9-5-7-15(2)11-18;2*1-3(2)4;/h4-8,10-13H,1-3H3;2*3-4H,1-2H3;/q-1;;;. The van der Waals surface area contributed by atoms with Crippen LogP contribution < -0.4 is 0 Å². The number of aromatic nitrogens is 1. The molecule has 0 amide bonds. The molecule has 3 nitrogen and oxygen atoms in total. The van der Waals surface area contributed by atoms with Crippen molar-refractivity contribution < 1.29 is 30.3 Å². The second kappa shape index (κ2) is 14.2. The molecule has 30 heavy (non-hydrogen) atoms. The zero-order valence-electron chi connectivity index (χ0n) is 19.0. The van der Waals surface area contributed by atoms with E-state index in [-0.39, 0.29) is 32.3 Å². The quantitative estimate of drug-likeness (QED) is 0.368. The molecule has 0 saturated heterocycles. The number of hydrogen-bond acceptors (Lipinski definition) is 3. The van der Waals surface area contributed by atoms with Crippen molar-refractivity contribution in [3.63, 3.8) is 0 Å². The summed E-state index contributed by atoms with van der Waals surface area (Å²) < 4.78 is 0. The van der Waals surface area contributed by atoms with E-state index in [0.29, 0.717) is 0 Å². The zero-order valence-corrected chi connectivity index (χ0v) is 21.4. The third kappa shape index (κ3) is 10.8. The minimum atomic E-state index is -0.167. The molecule has 2 N–H and O–H groups in total. The van der Waals surface area contributed by atoms with Crippen LogP contribution in [-0.4, -0.2) is 27.4 Å². The van der Waals surface area contributed by atoms with Crippen molar-refractivity contribution >= 4 is 0 Å². The summed E-state index contributed by atoms with van der Waals surface area (Å²) >= 11 is 0. The van der Waals surface area contributed by atoms with Gasteiger partial charge in [-0.1, -0.05) is 42.8 Å². The van der Waals surface area contributed by atoms with E-state index in [0.717, 1.165) is 11.3 Å². The van der Waals surface area contributed by atoms with Crippen LogP contribution in [0.4, 0.5) is 0 Å². The second-order valence-electron chi connectivity index (χ2n) is 7.72. The van der Waals surface area contributed by atoms with Gasteiger partial charge >= 0.3 is 0 Å². The maximum Gasteiger partial charge on any atom is 0.0483 e. The summed E-state index contributed by atoms with van der Waals surface area (Å²) in [6.45, 7) is 13.2. The summed E-state index contributed by atoms with van der Waals surface area (Å²) in [5.74, 6) is 0. The minimum Gasteiger partial charge on any atom is -0.394 e. The zero-order chi connectivity index (χ0) is 22.0. The topological polar surface area (TPSA) is 53.4 Å². The molecule has 0 saturated carbocycles. The molecular formula is C26H34IrNO2-. The van der Waals surface area contributed by atoms with E-state index in [4.69, 9.17) is 10.2 Å². The van der Waals surface area contributed by atoms with Gasteiger partial charge in [0.15, 0.2) is 0 Å². The summed E-state index contributed by atoms with van der Waals surface area (Å²) in [6, 6.07) is 20.1. The van der Waals surface area contributed by atoms with Crippen molar-refractivity contribution in [2.75, 3.05) is 0 Å². The number of nitrogens with zero attached hydrogens (tertiary/aromatic N) is 1. The van der Waals surface area contributed by atoms with Gasteiger partial charge in [-0.2, -0.15) is 0 Å². The fourth-order valence-corrected chi connectivity index (χ4v) is 2.55. The Kier molecular flexibility index (Phi) is 13.3. The van der Waals surface area contributed by atoms with Crippen LogP contribution in [0.5, 0.6) is 0 Å². The molecular weight excluding hydrogens is 551 g/mol. The largest absolute Gasteiger partial charge is 0.394 e. The molecule has 1 aromatic heterocycles. The normalized spacial score (nSPS) is 9.83. The van der Waals surface area contributed by atoms with Gasteiger partial charge in [-0.15, -0.1) is 35.4 Å². The average Bonchev–Trinajstić information content (AvgIpc) is 2.60. The Bertz CT molecular complexity index is 880. The smallest absolute Gasteiger partial charge is 0.0483 e. The number of pyridine rings is 1. The Hall–Kier alpha value is -1.84. The van der Waals surface area contributed by atoms with Crippen LogP contribution >= 0.6 is 0 Å². The van der Waals surface area contributed by atoms with Crippen molar-refractivity contribution in [2.24, 2.45) is 0 Å². The molecule has 3 rings (SSSR count). The SMILES string of the molecule is CC(C)O.CC(C)O.Cc1cc[c-]c(-c2cc(C)c(-c3cccc(C)c3)cn2)c1.[Ir]. The molecule has 2 aromatic carbocycles. The molecule has 165 valence electrons. The van der Waals surface area contributed by atoms with Gasteiger partial charge in [0.25, 0.3) is 0 Å². The first-order valence-corrected chi connectivity index (χ1v) is 9.98. The van der Waals surface area contributed by atoms with Crippen molar-refractivity contribution in [1.29, 1.82) is 0 Å². The Morgan fingerprint density at radius 3 is 1.90 bits per heavy atom. The summed E-state index contributed by atoms with van der Waals surface area (Å²) in [6.07, 6.45) is 1.63. The molecule has 4 heteroatoms. The Labute approximate surface area is 195 Å². The molecule has 0 atom stereocenters. The molecule has 1 radical (unpaired) electrons. The van der Waals surface area contributed by atoms with Gasteiger partial charge in [0.1, 0.15) is 0 Å². The van der Waals surface area contributed by atoms with Crippen molar-refractivity contribution in [3.05, 3.63) is 77.5 Å². The molecule has 1 heterocycles. The van der Waals surface area contributed by atoms with Crippen LogP contribution in [-0.2, 0) is 20.1 Å². The predicted molar refractivity (Wildman–Crippen MR) is 123 cm³/mol. The van der Waals surface area contributed by atoms with E-state index in [1.807, 2.05) is 12.3 Å². The van der Waals surface area contributed by atoms with Crippen LogP contribution in [0.3, 0.4) is 0 Å². The van der Waals surface area contributed by atoms with Gasteiger partial charge in [0, 0.05) is 44.1 Å². The van der Waals surface area contributed by atoms with Crippen LogP contribution in [0.2, 0.25) is 0 Å². The van der Waals surface area contributed by atoms with Gasteiger partial charge in [0.2, 0.25) is 0 Å². The maximum absolute atomic E-state index is 8.06. The van der Waals surface area contributed by atoms with Gasteiger partial charge in [-0.3, -0.25) is 0 Å². The molecule has 0 aliphatic rings. The number of benzene rings is 2. The first-order valence-electron chi connectivity index (χ1n) is 9.98. The second-order valence-corrected chi connectivity index (χ2v) is 7.72. The van der Waals surface area contributed by atoms with E-state index >= 15 is 0 Å². The first kappa shape index (κ1) is 28.2. The minimum absolute atomic E-state index is 0. The molecule has 0 aliphatic heterocycles. The van der Waals surface area contributed by atoms with E-state index in [1.165, 1.54) is 27.8 Å². The van der Waals surface area contributed by atoms with Gasteiger partial charge in [0.05, 0.1) is 0 Å². The van der Waals surface area contributed by atoms with Crippen LogP contribution in [0.25, 0.3) is 22.4 Å². The Morgan fingerprint density at radius 1 is 0.833 bits per heavy atom. The summed E-state index contributed by atoms with van der Waals surface area (Å²) in [5.41, 5.74) is 8.17. The maximum atomic E-state index is 8.06. The van der Waals surface area contributed by atoms with Crippen LogP contribution in [0.15, 0.2) is 54.7 Å². The number of aliphatic hydroxyl groups excluding tert-OH is 2. The predicted octanol–water partition coefficient (Wildman–Crippen LogP) is 5.91.